The van der Waals surface area contributed by atoms with Crippen LogP contribution in [0.4, 0.5) is 0 Å². The molecule has 0 amide bonds. The molecule has 3 heteroatoms. The van der Waals surface area contributed by atoms with Gasteiger partial charge in [0.1, 0.15) is 0 Å². The number of hydrogen-bond acceptors (Lipinski definition) is 3. The Labute approximate surface area is 100 Å². The Morgan fingerprint density at radius 1 is 1.18 bits per heavy atom. The van der Waals surface area contributed by atoms with Gasteiger partial charge in [-0.25, -0.2) is 0 Å². The van der Waals surface area contributed by atoms with E-state index in [0.717, 1.165) is 5.56 Å². The quantitative estimate of drug-likeness (QED) is 0.814. The summed E-state index contributed by atoms with van der Waals surface area (Å²) in [7, 11) is 0. The molecule has 2 aromatic rings. The minimum absolute atomic E-state index is 0.0226. The van der Waals surface area contributed by atoms with Crippen molar-refractivity contribution in [2.24, 2.45) is 5.73 Å². The lowest BCUT2D eigenvalue weighted by Crippen LogP contribution is -2.15. The molecule has 0 bridgehead atoms. The molecule has 1 heterocycles. The fraction of sp³-hybridized carbons (Fsp3) is 0.143. The van der Waals surface area contributed by atoms with Crippen molar-refractivity contribution in [3.8, 4) is 0 Å². The molecular weight excluding hydrogens is 212 g/mol. The first-order valence-corrected chi connectivity index (χ1v) is 5.51. The highest BCUT2D eigenvalue weighted by Gasteiger charge is 2.12. The van der Waals surface area contributed by atoms with E-state index in [1.165, 1.54) is 0 Å². The number of hydrogen-bond donors (Lipinski definition) is 1. The molecule has 0 radical (unpaired) electrons. The number of nitrogens with zero attached hydrogens (tertiary/aromatic N) is 1. The average Bonchev–Trinajstić information content (AvgIpc) is 2.40. The van der Waals surface area contributed by atoms with Crippen LogP contribution in [0.5, 0.6) is 0 Å². The number of pyridine rings is 1. The van der Waals surface area contributed by atoms with E-state index in [1.807, 2.05) is 30.3 Å². The van der Waals surface area contributed by atoms with E-state index in [2.05, 4.69) is 4.98 Å². The monoisotopic (exact) mass is 226 g/mol. The molecule has 2 rings (SSSR count). The summed E-state index contributed by atoms with van der Waals surface area (Å²) < 4.78 is 0. The highest BCUT2D eigenvalue weighted by Crippen LogP contribution is 2.15. The minimum Gasteiger partial charge on any atom is -0.324 e. The van der Waals surface area contributed by atoms with Crippen LogP contribution in [-0.2, 0) is 0 Å². The maximum Gasteiger partial charge on any atom is 0.166 e. The van der Waals surface area contributed by atoms with E-state index in [4.69, 9.17) is 5.73 Å². The number of rotatable bonds is 4. The highest BCUT2D eigenvalue weighted by atomic mass is 16.1. The third kappa shape index (κ3) is 2.98. The van der Waals surface area contributed by atoms with Crippen LogP contribution in [0.1, 0.15) is 28.4 Å². The molecule has 86 valence electrons. The first-order chi connectivity index (χ1) is 8.27. The molecule has 2 N–H and O–H groups in total. The van der Waals surface area contributed by atoms with Gasteiger partial charge in [-0.2, -0.15) is 0 Å². The molecule has 0 aliphatic carbocycles. The van der Waals surface area contributed by atoms with E-state index >= 15 is 0 Å². The van der Waals surface area contributed by atoms with Crippen molar-refractivity contribution in [1.29, 1.82) is 0 Å². The van der Waals surface area contributed by atoms with Crippen molar-refractivity contribution < 1.29 is 4.79 Å². The second kappa shape index (κ2) is 5.37. The minimum atomic E-state index is -0.260. The van der Waals surface area contributed by atoms with Crippen LogP contribution in [-0.4, -0.2) is 10.8 Å². The zero-order chi connectivity index (χ0) is 12.1. The summed E-state index contributed by atoms with van der Waals surface area (Å²) >= 11 is 0. The number of carbonyl (C=O) groups is 1. The van der Waals surface area contributed by atoms with Gasteiger partial charge in [-0.3, -0.25) is 9.78 Å². The van der Waals surface area contributed by atoms with E-state index in [0.29, 0.717) is 12.0 Å². The van der Waals surface area contributed by atoms with Gasteiger partial charge < -0.3 is 5.73 Å². The fourth-order valence-corrected chi connectivity index (χ4v) is 1.66. The molecule has 1 aromatic heterocycles. The molecular formula is C14H14N2O. The van der Waals surface area contributed by atoms with Crippen LogP contribution in [0.15, 0.2) is 54.9 Å². The van der Waals surface area contributed by atoms with Crippen LogP contribution < -0.4 is 5.73 Å². The Morgan fingerprint density at radius 3 is 2.59 bits per heavy atom. The SMILES string of the molecule is NC(CC(=O)c1cccnc1)c1ccccc1. The zero-order valence-corrected chi connectivity index (χ0v) is 9.41. The summed E-state index contributed by atoms with van der Waals surface area (Å²) in [5, 5.41) is 0. The van der Waals surface area contributed by atoms with Gasteiger partial charge >= 0.3 is 0 Å². The summed E-state index contributed by atoms with van der Waals surface area (Å²) in [5.74, 6) is 0.0226. The van der Waals surface area contributed by atoms with E-state index in [1.54, 1.807) is 24.5 Å². The number of aromatic nitrogens is 1. The van der Waals surface area contributed by atoms with Crippen LogP contribution in [0.25, 0.3) is 0 Å². The maximum absolute atomic E-state index is 11.9. The normalized spacial score (nSPS) is 12.1. The largest absolute Gasteiger partial charge is 0.324 e. The van der Waals surface area contributed by atoms with Crippen LogP contribution in [0.2, 0.25) is 0 Å². The third-order valence-electron chi connectivity index (χ3n) is 2.62. The zero-order valence-electron chi connectivity index (χ0n) is 9.41. The molecule has 0 saturated heterocycles. The van der Waals surface area contributed by atoms with Gasteiger partial charge in [0.25, 0.3) is 0 Å². The van der Waals surface area contributed by atoms with Crippen molar-refractivity contribution in [3.63, 3.8) is 0 Å². The molecule has 3 nitrogen and oxygen atoms in total. The van der Waals surface area contributed by atoms with Gasteiger partial charge in [-0.05, 0) is 17.7 Å². The van der Waals surface area contributed by atoms with Crippen LogP contribution >= 0.6 is 0 Å². The van der Waals surface area contributed by atoms with Gasteiger partial charge in [0.05, 0.1) is 0 Å². The Bertz CT molecular complexity index is 482. The van der Waals surface area contributed by atoms with Gasteiger partial charge in [0, 0.05) is 30.4 Å². The van der Waals surface area contributed by atoms with Crippen LogP contribution in [0, 0.1) is 0 Å². The van der Waals surface area contributed by atoms with Crippen LogP contribution in [0.3, 0.4) is 0 Å². The van der Waals surface area contributed by atoms with Crippen molar-refractivity contribution in [2.45, 2.75) is 12.5 Å². The van der Waals surface area contributed by atoms with Crippen molar-refractivity contribution in [2.75, 3.05) is 0 Å². The summed E-state index contributed by atoms with van der Waals surface area (Å²) in [5.41, 5.74) is 7.58. The molecule has 0 fully saturated rings. The lowest BCUT2D eigenvalue weighted by Gasteiger charge is -2.10. The number of benzene rings is 1. The number of Topliss-reactive ketones (excluding diaryl/α,β-unsaturated/α-hetero) is 1. The Morgan fingerprint density at radius 2 is 1.94 bits per heavy atom. The molecule has 17 heavy (non-hydrogen) atoms. The Kier molecular flexibility index (Phi) is 3.62. The first kappa shape index (κ1) is 11.5. The Balaban J connectivity index is 2.05. The van der Waals surface area contributed by atoms with E-state index in [9.17, 15) is 4.79 Å². The summed E-state index contributed by atoms with van der Waals surface area (Å²) in [6.45, 7) is 0. The maximum atomic E-state index is 11.9. The second-order valence-electron chi connectivity index (χ2n) is 3.89. The predicted molar refractivity (Wildman–Crippen MR) is 66.6 cm³/mol. The fourth-order valence-electron chi connectivity index (χ4n) is 1.66. The van der Waals surface area contributed by atoms with Gasteiger partial charge in [-0.1, -0.05) is 30.3 Å². The summed E-state index contributed by atoms with van der Waals surface area (Å²) in [6.07, 6.45) is 3.52. The van der Waals surface area contributed by atoms with Crippen molar-refractivity contribution in [1.82, 2.24) is 4.98 Å². The Hall–Kier alpha value is -2.00. The van der Waals surface area contributed by atoms with Gasteiger partial charge in [0.15, 0.2) is 5.78 Å². The molecule has 0 saturated carbocycles. The summed E-state index contributed by atoms with van der Waals surface area (Å²) in [6, 6.07) is 12.9. The molecule has 1 aromatic carbocycles. The lowest BCUT2D eigenvalue weighted by molar-refractivity contribution is 0.0974. The number of nitrogens with two attached hydrogens (primary N) is 1. The summed E-state index contributed by atoms with van der Waals surface area (Å²) in [4.78, 5) is 15.8. The molecule has 0 aliphatic heterocycles. The number of carbonyl (C=O) groups excluding carboxylic acids is 1. The first-order valence-electron chi connectivity index (χ1n) is 5.51. The average molecular weight is 226 g/mol. The molecule has 0 spiro atoms. The lowest BCUT2D eigenvalue weighted by atomic mass is 10.00. The third-order valence-corrected chi connectivity index (χ3v) is 2.62. The number of ketones is 1. The molecule has 0 aliphatic rings. The second-order valence-corrected chi connectivity index (χ2v) is 3.89. The molecule has 1 atom stereocenters. The highest BCUT2D eigenvalue weighted by molar-refractivity contribution is 5.96. The van der Waals surface area contributed by atoms with Crippen molar-refractivity contribution in [3.05, 3.63) is 66.0 Å². The van der Waals surface area contributed by atoms with E-state index < -0.39 is 0 Å². The van der Waals surface area contributed by atoms with Crippen molar-refractivity contribution >= 4 is 5.78 Å². The smallest absolute Gasteiger partial charge is 0.166 e. The van der Waals surface area contributed by atoms with Gasteiger partial charge in [-0.15, -0.1) is 0 Å². The molecule has 1 unspecified atom stereocenters. The predicted octanol–water partition coefficient (Wildman–Crippen LogP) is 2.35. The topological polar surface area (TPSA) is 56.0 Å². The van der Waals surface area contributed by atoms with Gasteiger partial charge in [0.2, 0.25) is 0 Å². The van der Waals surface area contributed by atoms with E-state index in [-0.39, 0.29) is 11.8 Å². The standard InChI is InChI=1S/C14H14N2O/c15-13(11-5-2-1-3-6-11)9-14(17)12-7-4-8-16-10-12/h1-8,10,13H,9,15H2.